The minimum Gasteiger partial charge on any atom is -0.312 e. The van der Waals surface area contributed by atoms with E-state index in [1.165, 1.54) is 83.8 Å². The van der Waals surface area contributed by atoms with Crippen LogP contribution in [0.4, 0.5) is 0 Å². The van der Waals surface area contributed by atoms with Crippen molar-refractivity contribution in [1.29, 1.82) is 0 Å². The van der Waals surface area contributed by atoms with Crippen molar-refractivity contribution >= 4 is 0 Å². The van der Waals surface area contributed by atoms with E-state index < -0.39 is 0 Å². The molecule has 2 aliphatic rings. The standard InChI is InChI=1S/C19H38N2/c1-4-15-20-18(16-17-11-7-8-12-17)19(13-9-10-14-19)21(5-2)6-3/h17-18,20H,4-16H2,1-3H3. The lowest BCUT2D eigenvalue weighted by atomic mass is 9.80. The van der Waals surface area contributed by atoms with E-state index in [0.717, 1.165) is 12.0 Å². The average Bonchev–Trinajstić information content (AvgIpc) is 3.17. The molecule has 1 unspecified atom stereocenters. The topological polar surface area (TPSA) is 15.3 Å². The molecule has 0 aromatic rings. The molecule has 0 saturated heterocycles. The van der Waals surface area contributed by atoms with Crippen LogP contribution in [0.2, 0.25) is 0 Å². The van der Waals surface area contributed by atoms with Crippen molar-refractivity contribution in [2.75, 3.05) is 19.6 Å². The van der Waals surface area contributed by atoms with Crippen molar-refractivity contribution in [1.82, 2.24) is 10.2 Å². The van der Waals surface area contributed by atoms with Crippen LogP contribution in [0.25, 0.3) is 0 Å². The summed E-state index contributed by atoms with van der Waals surface area (Å²) >= 11 is 0. The van der Waals surface area contributed by atoms with Gasteiger partial charge in [-0.15, -0.1) is 0 Å². The fourth-order valence-electron chi connectivity index (χ4n) is 5.12. The largest absolute Gasteiger partial charge is 0.312 e. The maximum Gasteiger partial charge on any atom is 0.0362 e. The molecule has 0 aromatic heterocycles. The van der Waals surface area contributed by atoms with Gasteiger partial charge < -0.3 is 5.32 Å². The van der Waals surface area contributed by atoms with Gasteiger partial charge in [-0.1, -0.05) is 59.3 Å². The summed E-state index contributed by atoms with van der Waals surface area (Å²) in [5, 5.41) is 3.99. The fourth-order valence-corrected chi connectivity index (χ4v) is 5.12. The monoisotopic (exact) mass is 294 g/mol. The lowest BCUT2D eigenvalue weighted by Gasteiger charge is -2.47. The predicted octanol–water partition coefficient (Wildman–Crippen LogP) is 4.59. The van der Waals surface area contributed by atoms with Crippen LogP contribution in [0.3, 0.4) is 0 Å². The van der Waals surface area contributed by atoms with Gasteiger partial charge in [0.1, 0.15) is 0 Å². The second-order valence-corrected chi connectivity index (χ2v) is 7.38. The molecule has 2 heteroatoms. The van der Waals surface area contributed by atoms with Gasteiger partial charge in [-0.05, 0) is 51.2 Å². The Morgan fingerprint density at radius 2 is 1.62 bits per heavy atom. The highest BCUT2D eigenvalue weighted by molar-refractivity contribution is 5.04. The number of nitrogens with zero attached hydrogens (tertiary/aromatic N) is 1. The summed E-state index contributed by atoms with van der Waals surface area (Å²) in [5.41, 5.74) is 0.460. The highest BCUT2D eigenvalue weighted by Crippen LogP contribution is 2.41. The van der Waals surface area contributed by atoms with Crippen molar-refractivity contribution in [2.45, 2.75) is 96.6 Å². The van der Waals surface area contributed by atoms with Gasteiger partial charge in [-0.3, -0.25) is 4.90 Å². The van der Waals surface area contributed by atoms with E-state index >= 15 is 0 Å². The summed E-state index contributed by atoms with van der Waals surface area (Å²) < 4.78 is 0. The SMILES string of the molecule is CCCNC(CC1CCCC1)C1(N(CC)CC)CCCC1. The summed E-state index contributed by atoms with van der Waals surface area (Å²) in [7, 11) is 0. The van der Waals surface area contributed by atoms with Crippen LogP contribution in [0.1, 0.15) is 85.0 Å². The molecule has 2 rings (SSSR count). The maximum absolute atomic E-state index is 3.99. The first-order chi connectivity index (χ1) is 10.3. The van der Waals surface area contributed by atoms with Gasteiger partial charge in [-0.25, -0.2) is 0 Å². The van der Waals surface area contributed by atoms with Crippen LogP contribution < -0.4 is 5.32 Å². The number of rotatable bonds is 9. The Morgan fingerprint density at radius 3 is 2.14 bits per heavy atom. The molecular weight excluding hydrogens is 256 g/mol. The molecule has 2 saturated carbocycles. The van der Waals surface area contributed by atoms with Crippen LogP contribution in [-0.2, 0) is 0 Å². The normalized spacial score (nSPS) is 24.0. The predicted molar refractivity (Wildman–Crippen MR) is 92.8 cm³/mol. The molecule has 2 nitrogen and oxygen atoms in total. The highest BCUT2D eigenvalue weighted by atomic mass is 15.2. The average molecular weight is 295 g/mol. The van der Waals surface area contributed by atoms with Crippen molar-refractivity contribution in [3.05, 3.63) is 0 Å². The minimum atomic E-state index is 0.460. The first-order valence-corrected chi connectivity index (χ1v) is 9.75. The van der Waals surface area contributed by atoms with E-state index in [2.05, 4.69) is 31.0 Å². The molecule has 0 heterocycles. The minimum absolute atomic E-state index is 0.460. The van der Waals surface area contributed by atoms with Crippen LogP contribution in [-0.4, -0.2) is 36.1 Å². The van der Waals surface area contributed by atoms with E-state index in [1.54, 1.807) is 0 Å². The summed E-state index contributed by atoms with van der Waals surface area (Å²) in [4.78, 5) is 2.79. The number of hydrogen-bond acceptors (Lipinski definition) is 2. The third-order valence-corrected chi connectivity index (χ3v) is 6.20. The summed E-state index contributed by atoms with van der Waals surface area (Å²) in [5.74, 6) is 0.993. The Morgan fingerprint density at radius 1 is 1.00 bits per heavy atom. The van der Waals surface area contributed by atoms with Gasteiger partial charge in [0.05, 0.1) is 0 Å². The zero-order valence-electron chi connectivity index (χ0n) is 14.8. The first kappa shape index (κ1) is 17.3. The van der Waals surface area contributed by atoms with E-state index in [1.807, 2.05) is 0 Å². The maximum atomic E-state index is 3.99. The Labute approximate surface area is 133 Å². The first-order valence-electron chi connectivity index (χ1n) is 9.75. The Bertz CT molecular complexity index is 273. The van der Waals surface area contributed by atoms with Gasteiger partial charge in [0, 0.05) is 11.6 Å². The van der Waals surface area contributed by atoms with Crippen molar-refractivity contribution in [3.8, 4) is 0 Å². The number of nitrogens with one attached hydrogen (secondary N) is 1. The van der Waals surface area contributed by atoms with E-state index in [9.17, 15) is 0 Å². The molecule has 0 aliphatic heterocycles. The van der Waals surface area contributed by atoms with Crippen molar-refractivity contribution in [2.24, 2.45) is 5.92 Å². The lowest BCUT2D eigenvalue weighted by Crippen LogP contribution is -2.60. The molecule has 2 aliphatic carbocycles. The van der Waals surface area contributed by atoms with Crippen LogP contribution in [0, 0.1) is 5.92 Å². The molecule has 0 radical (unpaired) electrons. The van der Waals surface area contributed by atoms with Crippen LogP contribution in [0.15, 0.2) is 0 Å². The molecule has 0 spiro atoms. The Hall–Kier alpha value is -0.0800. The third-order valence-electron chi connectivity index (χ3n) is 6.20. The summed E-state index contributed by atoms with van der Waals surface area (Å²) in [6, 6.07) is 0.725. The molecular formula is C19H38N2. The molecule has 0 bridgehead atoms. The fraction of sp³-hybridized carbons (Fsp3) is 1.00. The Balaban J connectivity index is 2.12. The number of likely N-dealkylation sites (N-methyl/N-ethyl adjacent to an activating group) is 1. The second-order valence-electron chi connectivity index (χ2n) is 7.38. The summed E-state index contributed by atoms with van der Waals surface area (Å²) in [6.07, 6.45) is 14.3. The van der Waals surface area contributed by atoms with Crippen LogP contribution >= 0.6 is 0 Å². The smallest absolute Gasteiger partial charge is 0.0362 e. The lowest BCUT2D eigenvalue weighted by molar-refractivity contribution is 0.0532. The quantitative estimate of drug-likeness (QED) is 0.669. The van der Waals surface area contributed by atoms with Gasteiger partial charge in [0.2, 0.25) is 0 Å². The zero-order chi connectivity index (χ0) is 15.1. The third kappa shape index (κ3) is 4.01. The van der Waals surface area contributed by atoms with E-state index in [-0.39, 0.29) is 0 Å². The Kier molecular flexibility index (Phi) is 7.01. The molecule has 21 heavy (non-hydrogen) atoms. The molecule has 0 aromatic carbocycles. The van der Waals surface area contributed by atoms with Crippen LogP contribution in [0.5, 0.6) is 0 Å². The highest BCUT2D eigenvalue weighted by Gasteiger charge is 2.45. The van der Waals surface area contributed by atoms with E-state index in [0.29, 0.717) is 5.54 Å². The van der Waals surface area contributed by atoms with Gasteiger partial charge in [0.15, 0.2) is 0 Å². The van der Waals surface area contributed by atoms with Gasteiger partial charge in [-0.2, -0.15) is 0 Å². The second kappa shape index (κ2) is 8.53. The summed E-state index contributed by atoms with van der Waals surface area (Å²) in [6.45, 7) is 10.6. The van der Waals surface area contributed by atoms with Crippen molar-refractivity contribution < 1.29 is 0 Å². The molecule has 124 valence electrons. The molecule has 1 atom stereocenters. The number of hydrogen-bond donors (Lipinski definition) is 1. The van der Waals surface area contributed by atoms with Gasteiger partial charge >= 0.3 is 0 Å². The molecule has 2 fully saturated rings. The van der Waals surface area contributed by atoms with E-state index in [4.69, 9.17) is 0 Å². The van der Waals surface area contributed by atoms with Crippen molar-refractivity contribution in [3.63, 3.8) is 0 Å². The van der Waals surface area contributed by atoms with Gasteiger partial charge in [0.25, 0.3) is 0 Å². The molecule has 1 N–H and O–H groups in total. The zero-order valence-corrected chi connectivity index (χ0v) is 14.8. The molecule has 0 amide bonds.